The number of esters is 1. The third-order valence-corrected chi connectivity index (χ3v) is 3.53. The number of rotatable bonds is 2. The van der Waals surface area contributed by atoms with Crippen molar-refractivity contribution >= 4 is 40.4 Å². The number of hydrazone groups is 1. The van der Waals surface area contributed by atoms with E-state index in [2.05, 4.69) is 15.1 Å². The van der Waals surface area contributed by atoms with Crippen molar-refractivity contribution in [1.29, 1.82) is 0 Å². The van der Waals surface area contributed by atoms with Crippen LogP contribution in [0.25, 0.3) is 0 Å². The molecule has 0 aliphatic carbocycles. The maximum atomic E-state index is 11.6. The highest BCUT2D eigenvalue weighted by atomic mass is 32.2. The molecule has 2 heterocycles. The summed E-state index contributed by atoms with van der Waals surface area (Å²) in [7, 11) is 0. The molecule has 0 N–H and O–H groups in total. The van der Waals surface area contributed by atoms with Crippen LogP contribution in [0.15, 0.2) is 38.6 Å². The summed E-state index contributed by atoms with van der Waals surface area (Å²) in [5, 5.41) is 6.03. The first-order valence-corrected chi connectivity index (χ1v) is 7.68. The van der Waals surface area contributed by atoms with Gasteiger partial charge in [-0.2, -0.15) is 10.1 Å². The Morgan fingerprint density at radius 2 is 1.95 bits per heavy atom. The Bertz CT molecular complexity index is 674. The average Bonchev–Trinajstić information content (AvgIpc) is 2.77. The Morgan fingerprint density at radius 1 is 1.27 bits per heavy atom. The summed E-state index contributed by atoms with van der Waals surface area (Å²) in [6.45, 7) is 6.76. The van der Waals surface area contributed by atoms with Gasteiger partial charge in [0, 0.05) is 13.8 Å². The van der Waals surface area contributed by atoms with E-state index in [1.54, 1.807) is 19.9 Å². The SMILES string of the molecule is CCSC1=N/C(=C\C=C2\N=C(C)OC2=O)C(C)=NN1C(C)=O. The number of ether oxygens (including phenoxy) is 1. The van der Waals surface area contributed by atoms with Gasteiger partial charge < -0.3 is 4.74 Å². The molecule has 0 spiro atoms. The molecule has 0 unspecified atom stereocenters. The Balaban J connectivity index is 2.33. The van der Waals surface area contributed by atoms with E-state index in [4.69, 9.17) is 4.74 Å². The molecule has 0 radical (unpaired) electrons. The first-order valence-electron chi connectivity index (χ1n) is 6.69. The largest absolute Gasteiger partial charge is 0.407 e. The lowest BCUT2D eigenvalue weighted by Gasteiger charge is -2.22. The topological polar surface area (TPSA) is 83.7 Å². The third-order valence-electron chi connectivity index (χ3n) is 2.72. The normalized spacial score (nSPS) is 21.7. The summed E-state index contributed by atoms with van der Waals surface area (Å²) in [4.78, 5) is 31.5. The van der Waals surface area contributed by atoms with Crippen molar-refractivity contribution in [1.82, 2.24) is 5.01 Å². The number of amidine groups is 1. The zero-order valence-corrected chi connectivity index (χ0v) is 13.6. The van der Waals surface area contributed by atoms with Gasteiger partial charge >= 0.3 is 5.97 Å². The fraction of sp³-hybridized carbons (Fsp3) is 0.357. The van der Waals surface area contributed by atoms with Crippen molar-refractivity contribution < 1.29 is 14.3 Å². The molecule has 0 bridgehead atoms. The van der Waals surface area contributed by atoms with Gasteiger partial charge in [0.1, 0.15) is 0 Å². The minimum absolute atomic E-state index is 0.198. The Kier molecular flexibility index (Phi) is 4.92. The lowest BCUT2D eigenvalue weighted by molar-refractivity contribution is -0.130. The number of carbonyl (C=O) groups is 2. The summed E-state index contributed by atoms with van der Waals surface area (Å²) in [5.41, 5.74) is 1.37. The summed E-state index contributed by atoms with van der Waals surface area (Å²) >= 11 is 1.42. The smallest absolute Gasteiger partial charge is 0.363 e. The molecule has 8 heteroatoms. The number of hydrogen-bond donors (Lipinski definition) is 0. The number of amides is 1. The van der Waals surface area contributed by atoms with Crippen LogP contribution in [0.5, 0.6) is 0 Å². The van der Waals surface area contributed by atoms with Gasteiger partial charge in [-0.3, -0.25) is 4.79 Å². The number of hydrogen-bond acceptors (Lipinski definition) is 7. The van der Waals surface area contributed by atoms with Gasteiger partial charge in [-0.05, 0) is 24.8 Å². The molecule has 0 atom stereocenters. The van der Waals surface area contributed by atoms with Crippen LogP contribution < -0.4 is 0 Å². The van der Waals surface area contributed by atoms with Crippen molar-refractivity contribution in [3.63, 3.8) is 0 Å². The highest BCUT2D eigenvalue weighted by molar-refractivity contribution is 8.13. The number of cyclic esters (lactones) is 1. The predicted molar refractivity (Wildman–Crippen MR) is 86.6 cm³/mol. The van der Waals surface area contributed by atoms with E-state index in [1.807, 2.05) is 6.92 Å². The quantitative estimate of drug-likeness (QED) is 0.576. The van der Waals surface area contributed by atoms with E-state index in [1.165, 1.54) is 29.8 Å². The van der Waals surface area contributed by atoms with Crippen molar-refractivity contribution in [2.75, 3.05) is 5.75 Å². The van der Waals surface area contributed by atoms with Crippen LogP contribution in [0.3, 0.4) is 0 Å². The molecule has 0 aromatic heterocycles. The third kappa shape index (κ3) is 3.51. The fourth-order valence-electron chi connectivity index (χ4n) is 1.75. The second-order valence-electron chi connectivity index (χ2n) is 4.47. The van der Waals surface area contributed by atoms with Crippen molar-refractivity contribution in [2.45, 2.75) is 27.7 Å². The maximum Gasteiger partial charge on any atom is 0.363 e. The molecule has 1 amide bonds. The lowest BCUT2D eigenvalue weighted by Crippen LogP contribution is -2.32. The average molecular weight is 320 g/mol. The van der Waals surface area contributed by atoms with E-state index < -0.39 is 5.97 Å². The van der Waals surface area contributed by atoms with E-state index in [0.717, 1.165) is 5.75 Å². The molecule has 2 rings (SSSR count). The molecule has 2 aliphatic heterocycles. The van der Waals surface area contributed by atoms with E-state index in [-0.39, 0.29) is 11.6 Å². The number of nitrogens with zero attached hydrogens (tertiary/aromatic N) is 4. The molecular weight excluding hydrogens is 304 g/mol. The van der Waals surface area contributed by atoms with Crippen LogP contribution in [0.1, 0.15) is 27.7 Å². The second-order valence-corrected chi connectivity index (χ2v) is 5.70. The molecule has 7 nitrogen and oxygen atoms in total. The highest BCUT2D eigenvalue weighted by Gasteiger charge is 2.22. The van der Waals surface area contributed by atoms with Crippen LogP contribution in [0.2, 0.25) is 0 Å². The zero-order chi connectivity index (χ0) is 16.3. The first kappa shape index (κ1) is 16.2. The standard InChI is InChI=1S/C14H16N4O3S/c1-5-22-14-16-11(8(2)17-18(14)10(4)19)6-7-12-13(20)21-9(3)15-12/h6-7H,5H2,1-4H3/b11-6-,12-7+. The van der Waals surface area contributed by atoms with Crippen LogP contribution in [0, 0.1) is 0 Å². The lowest BCUT2D eigenvalue weighted by atomic mass is 10.2. The van der Waals surface area contributed by atoms with Crippen LogP contribution in [-0.4, -0.2) is 39.4 Å². The molecule has 0 aromatic carbocycles. The van der Waals surface area contributed by atoms with Gasteiger partial charge in [0.15, 0.2) is 16.8 Å². The second kappa shape index (κ2) is 6.69. The maximum absolute atomic E-state index is 11.6. The molecule has 0 saturated heterocycles. The van der Waals surface area contributed by atoms with Crippen molar-refractivity contribution in [3.8, 4) is 0 Å². The molecule has 0 aromatic rings. The van der Waals surface area contributed by atoms with Crippen LogP contribution in [0.4, 0.5) is 0 Å². The summed E-state index contributed by atoms with van der Waals surface area (Å²) in [6, 6.07) is 0. The Labute approximate surface area is 132 Å². The minimum atomic E-state index is -0.489. The molecule has 22 heavy (non-hydrogen) atoms. The summed E-state index contributed by atoms with van der Waals surface area (Å²) < 4.78 is 4.84. The van der Waals surface area contributed by atoms with Crippen molar-refractivity contribution in [2.24, 2.45) is 15.1 Å². The molecule has 116 valence electrons. The monoisotopic (exact) mass is 320 g/mol. The number of carbonyl (C=O) groups excluding carboxylic acids is 2. The van der Waals surface area contributed by atoms with Gasteiger partial charge in [-0.25, -0.2) is 14.8 Å². The van der Waals surface area contributed by atoms with Crippen LogP contribution in [-0.2, 0) is 14.3 Å². The number of thioether (sulfide) groups is 1. The molecule has 0 fully saturated rings. The van der Waals surface area contributed by atoms with Gasteiger partial charge in [0.2, 0.25) is 5.91 Å². The zero-order valence-electron chi connectivity index (χ0n) is 12.8. The Morgan fingerprint density at radius 3 is 2.50 bits per heavy atom. The predicted octanol–water partition coefficient (Wildman–Crippen LogP) is 2.08. The van der Waals surface area contributed by atoms with Gasteiger partial charge in [0.25, 0.3) is 0 Å². The fourth-order valence-corrected chi connectivity index (χ4v) is 2.46. The van der Waals surface area contributed by atoms with Crippen LogP contribution >= 0.6 is 11.8 Å². The van der Waals surface area contributed by atoms with Gasteiger partial charge in [0.05, 0.1) is 11.4 Å². The molecule has 0 saturated carbocycles. The van der Waals surface area contributed by atoms with E-state index in [9.17, 15) is 9.59 Å². The highest BCUT2D eigenvalue weighted by Crippen LogP contribution is 2.20. The van der Waals surface area contributed by atoms with Gasteiger partial charge in [-0.15, -0.1) is 0 Å². The molecular formula is C14H16N4O3S. The van der Waals surface area contributed by atoms with Gasteiger partial charge in [-0.1, -0.05) is 18.7 Å². The molecule has 2 aliphatic rings. The van der Waals surface area contributed by atoms with Crippen molar-refractivity contribution in [3.05, 3.63) is 23.5 Å². The first-order chi connectivity index (χ1) is 10.4. The Hall–Kier alpha value is -2.22. The van der Waals surface area contributed by atoms with E-state index >= 15 is 0 Å². The summed E-state index contributed by atoms with van der Waals surface area (Å²) in [6.07, 6.45) is 3.18. The number of allylic oxidation sites excluding steroid dienone is 3. The number of aliphatic imine (C=N–C) groups is 2. The van der Waals surface area contributed by atoms with E-state index in [0.29, 0.717) is 22.5 Å². The summed E-state index contributed by atoms with van der Waals surface area (Å²) in [5.74, 6) is 0.395. The minimum Gasteiger partial charge on any atom is -0.407 e.